The van der Waals surface area contributed by atoms with E-state index in [2.05, 4.69) is 27.9 Å². The third-order valence-corrected chi connectivity index (χ3v) is 4.05. The molecule has 1 aliphatic carbocycles. The molecule has 1 aromatic rings. The third kappa shape index (κ3) is 3.42. The number of halogens is 1. The van der Waals surface area contributed by atoms with Gasteiger partial charge in [0.15, 0.2) is 0 Å². The van der Waals surface area contributed by atoms with Crippen molar-refractivity contribution in [2.24, 2.45) is 5.41 Å². The maximum absolute atomic E-state index is 11.9. The molecule has 1 aromatic carbocycles. The summed E-state index contributed by atoms with van der Waals surface area (Å²) in [6.45, 7) is 0.887. The van der Waals surface area contributed by atoms with E-state index < -0.39 is 0 Å². The zero-order chi connectivity index (χ0) is 12.3. The van der Waals surface area contributed by atoms with Gasteiger partial charge in [-0.1, -0.05) is 0 Å². The molecule has 0 aromatic heterocycles. The second kappa shape index (κ2) is 5.35. The second-order valence-corrected chi connectivity index (χ2v) is 5.91. The zero-order valence-electron chi connectivity index (χ0n) is 9.58. The predicted octanol–water partition coefficient (Wildman–Crippen LogP) is 2.18. The highest BCUT2D eigenvalue weighted by Crippen LogP contribution is 2.47. The summed E-state index contributed by atoms with van der Waals surface area (Å²) >= 11 is 2.22. The largest absolute Gasteiger partial charge is 0.396 e. The van der Waals surface area contributed by atoms with E-state index in [0.717, 1.165) is 22.8 Å². The molecule has 92 valence electrons. The fraction of sp³-hybridized carbons (Fsp3) is 0.462. The molecule has 0 radical (unpaired) electrons. The molecule has 0 saturated heterocycles. The molecule has 1 saturated carbocycles. The fourth-order valence-corrected chi connectivity index (χ4v) is 2.26. The van der Waals surface area contributed by atoms with Crippen LogP contribution in [-0.2, 0) is 0 Å². The SMILES string of the molecule is O=C(NCC1(CCO)CC1)c1ccc(I)cc1. The van der Waals surface area contributed by atoms with Crippen molar-refractivity contribution in [2.75, 3.05) is 13.2 Å². The van der Waals surface area contributed by atoms with Gasteiger partial charge in [-0.2, -0.15) is 0 Å². The molecule has 2 rings (SSSR count). The van der Waals surface area contributed by atoms with E-state index in [1.54, 1.807) is 0 Å². The number of benzene rings is 1. The predicted molar refractivity (Wildman–Crippen MR) is 74.9 cm³/mol. The van der Waals surface area contributed by atoms with Gasteiger partial charge < -0.3 is 10.4 Å². The van der Waals surface area contributed by atoms with Crippen molar-refractivity contribution in [3.63, 3.8) is 0 Å². The summed E-state index contributed by atoms with van der Waals surface area (Å²) in [6, 6.07) is 7.53. The summed E-state index contributed by atoms with van der Waals surface area (Å²) < 4.78 is 1.12. The van der Waals surface area contributed by atoms with E-state index in [4.69, 9.17) is 5.11 Å². The monoisotopic (exact) mass is 345 g/mol. The van der Waals surface area contributed by atoms with Gasteiger partial charge in [-0.3, -0.25) is 4.79 Å². The van der Waals surface area contributed by atoms with Crippen LogP contribution in [0.4, 0.5) is 0 Å². The van der Waals surface area contributed by atoms with Crippen LogP contribution in [0.2, 0.25) is 0 Å². The van der Waals surface area contributed by atoms with Gasteiger partial charge >= 0.3 is 0 Å². The van der Waals surface area contributed by atoms with E-state index in [9.17, 15) is 4.79 Å². The van der Waals surface area contributed by atoms with E-state index in [-0.39, 0.29) is 17.9 Å². The lowest BCUT2D eigenvalue weighted by atomic mass is 10.0. The summed E-state index contributed by atoms with van der Waals surface area (Å²) in [5.41, 5.74) is 0.873. The van der Waals surface area contributed by atoms with Crippen molar-refractivity contribution in [1.29, 1.82) is 0 Å². The Kier molecular flexibility index (Phi) is 4.04. The second-order valence-electron chi connectivity index (χ2n) is 4.66. The minimum atomic E-state index is -0.0226. The van der Waals surface area contributed by atoms with Crippen molar-refractivity contribution in [1.82, 2.24) is 5.32 Å². The van der Waals surface area contributed by atoms with Crippen LogP contribution in [0.1, 0.15) is 29.6 Å². The molecule has 1 aliphatic rings. The van der Waals surface area contributed by atoms with Crippen molar-refractivity contribution in [2.45, 2.75) is 19.3 Å². The standard InChI is InChI=1S/C13H16INO2/c14-11-3-1-10(2-4-11)12(17)15-9-13(5-6-13)7-8-16/h1-4,16H,5-9H2,(H,15,17). The van der Waals surface area contributed by atoms with Crippen molar-refractivity contribution < 1.29 is 9.90 Å². The van der Waals surface area contributed by atoms with Crippen molar-refractivity contribution in [3.8, 4) is 0 Å². The molecule has 2 N–H and O–H groups in total. The van der Waals surface area contributed by atoms with Gasteiger partial charge in [-0.15, -0.1) is 0 Å². The molecule has 0 aliphatic heterocycles. The number of carbonyl (C=O) groups is 1. The average Bonchev–Trinajstić information content (AvgIpc) is 3.08. The molecular weight excluding hydrogens is 329 g/mol. The lowest BCUT2D eigenvalue weighted by molar-refractivity contribution is 0.0941. The maximum atomic E-state index is 11.9. The number of rotatable bonds is 5. The smallest absolute Gasteiger partial charge is 0.251 e. The Labute approximate surface area is 115 Å². The van der Waals surface area contributed by atoms with Crippen LogP contribution in [0.5, 0.6) is 0 Å². The molecule has 3 nitrogen and oxygen atoms in total. The van der Waals surface area contributed by atoms with Gasteiger partial charge in [-0.05, 0) is 71.5 Å². The summed E-state index contributed by atoms with van der Waals surface area (Å²) in [6.07, 6.45) is 3.01. The Bertz CT molecular complexity index is 398. The number of hydrogen-bond acceptors (Lipinski definition) is 2. The summed E-state index contributed by atoms with van der Waals surface area (Å²) in [4.78, 5) is 11.9. The molecule has 17 heavy (non-hydrogen) atoms. The fourth-order valence-electron chi connectivity index (χ4n) is 1.90. The molecule has 1 amide bonds. The molecule has 4 heteroatoms. The number of amides is 1. The highest BCUT2D eigenvalue weighted by molar-refractivity contribution is 14.1. The maximum Gasteiger partial charge on any atom is 0.251 e. The van der Waals surface area contributed by atoms with E-state index >= 15 is 0 Å². The molecule has 0 heterocycles. The van der Waals surface area contributed by atoms with Crippen LogP contribution in [0.15, 0.2) is 24.3 Å². The number of aliphatic hydroxyl groups excluding tert-OH is 1. The molecule has 0 spiro atoms. The lowest BCUT2D eigenvalue weighted by Gasteiger charge is -2.14. The van der Waals surface area contributed by atoms with Gasteiger partial charge in [0.05, 0.1) is 0 Å². The molecule has 0 atom stereocenters. The van der Waals surface area contributed by atoms with Gasteiger partial charge in [0.2, 0.25) is 0 Å². The van der Waals surface area contributed by atoms with Crippen molar-refractivity contribution in [3.05, 3.63) is 33.4 Å². The topological polar surface area (TPSA) is 49.3 Å². The minimum Gasteiger partial charge on any atom is -0.396 e. The van der Waals surface area contributed by atoms with Crippen LogP contribution >= 0.6 is 22.6 Å². The Morgan fingerprint density at radius 3 is 2.53 bits per heavy atom. The number of nitrogens with one attached hydrogen (secondary N) is 1. The molecule has 1 fully saturated rings. The van der Waals surface area contributed by atoms with Gasteiger partial charge in [0.1, 0.15) is 0 Å². The Morgan fingerprint density at radius 2 is 2.00 bits per heavy atom. The van der Waals surface area contributed by atoms with Crippen LogP contribution in [0, 0.1) is 8.99 Å². The number of carbonyl (C=O) groups excluding carboxylic acids is 1. The normalized spacial score (nSPS) is 16.6. The summed E-state index contributed by atoms with van der Waals surface area (Å²) in [5, 5.41) is 11.9. The Morgan fingerprint density at radius 1 is 1.35 bits per heavy atom. The van der Waals surface area contributed by atoms with Gasteiger partial charge in [0, 0.05) is 22.3 Å². The van der Waals surface area contributed by atoms with Crippen LogP contribution < -0.4 is 5.32 Å². The van der Waals surface area contributed by atoms with Crippen LogP contribution in [0.25, 0.3) is 0 Å². The molecular formula is C13H16INO2. The minimum absolute atomic E-state index is 0.0226. The Balaban J connectivity index is 1.87. The zero-order valence-corrected chi connectivity index (χ0v) is 11.7. The van der Waals surface area contributed by atoms with Gasteiger partial charge in [0.25, 0.3) is 5.91 Å². The van der Waals surface area contributed by atoms with E-state index in [0.29, 0.717) is 12.1 Å². The summed E-state index contributed by atoms with van der Waals surface area (Å²) in [7, 11) is 0. The first-order valence-corrected chi connectivity index (χ1v) is 6.88. The first-order valence-electron chi connectivity index (χ1n) is 5.80. The van der Waals surface area contributed by atoms with Crippen LogP contribution in [0.3, 0.4) is 0 Å². The average molecular weight is 345 g/mol. The highest BCUT2D eigenvalue weighted by atomic mass is 127. The third-order valence-electron chi connectivity index (χ3n) is 3.33. The Hall–Kier alpha value is -0.620. The molecule has 0 bridgehead atoms. The van der Waals surface area contributed by atoms with E-state index in [1.165, 1.54) is 0 Å². The van der Waals surface area contributed by atoms with Crippen LogP contribution in [-0.4, -0.2) is 24.2 Å². The lowest BCUT2D eigenvalue weighted by Crippen LogP contribution is -2.30. The number of aliphatic hydroxyl groups is 1. The number of hydrogen-bond donors (Lipinski definition) is 2. The first kappa shape index (κ1) is 12.8. The quantitative estimate of drug-likeness (QED) is 0.804. The highest BCUT2D eigenvalue weighted by Gasteiger charge is 2.41. The first-order chi connectivity index (χ1) is 8.15. The van der Waals surface area contributed by atoms with Crippen molar-refractivity contribution >= 4 is 28.5 Å². The van der Waals surface area contributed by atoms with E-state index in [1.807, 2.05) is 24.3 Å². The van der Waals surface area contributed by atoms with Gasteiger partial charge in [-0.25, -0.2) is 0 Å². The summed E-state index contributed by atoms with van der Waals surface area (Å²) in [5.74, 6) is -0.0226. The molecule has 0 unspecified atom stereocenters.